The lowest BCUT2D eigenvalue weighted by atomic mass is 10.0. The average Bonchev–Trinajstić information content (AvgIpc) is 2.56. The molecule has 2 aromatic rings. The van der Waals surface area contributed by atoms with Gasteiger partial charge in [0.05, 0.1) is 4.21 Å². The van der Waals surface area contributed by atoms with Gasteiger partial charge in [-0.25, -0.2) is 0 Å². The number of carbonyl (C=O) groups is 1. The van der Waals surface area contributed by atoms with Gasteiger partial charge in [-0.3, -0.25) is 4.79 Å². The molecule has 72 valence electrons. The topological polar surface area (TPSA) is 17.1 Å². The van der Waals surface area contributed by atoms with E-state index in [9.17, 15) is 4.79 Å². The van der Waals surface area contributed by atoms with Gasteiger partial charge >= 0.3 is 0 Å². The molecule has 14 heavy (non-hydrogen) atoms. The van der Waals surface area contributed by atoms with Crippen LogP contribution in [0.25, 0.3) is 10.1 Å². The molecular formula is C11H10OS2. The van der Waals surface area contributed by atoms with E-state index in [0.717, 1.165) is 28.0 Å². The van der Waals surface area contributed by atoms with E-state index in [1.807, 2.05) is 18.2 Å². The molecule has 0 saturated carbocycles. The van der Waals surface area contributed by atoms with E-state index in [4.69, 9.17) is 0 Å². The second-order valence-electron chi connectivity index (χ2n) is 3.10. The Bertz CT molecular complexity index is 485. The average molecular weight is 222 g/mol. The maximum atomic E-state index is 10.8. The lowest BCUT2D eigenvalue weighted by Gasteiger charge is -2.02. The van der Waals surface area contributed by atoms with Gasteiger partial charge in [-0.15, -0.1) is 24.0 Å². The van der Waals surface area contributed by atoms with E-state index in [0.29, 0.717) is 0 Å². The highest BCUT2D eigenvalue weighted by molar-refractivity contribution is 7.83. The number of hydrogen-bond acceptors (Lipinski definition) is 3. The molecule has 1 heterocycles. The van der Waals surface area contributed by atoms with Crippen molar-refractivity contribution < 1.29 is 4.79 Å². The number of benzene rings is 1. The summed E-state index contributed by atoms with van der Waals surface area (Å²) < 4.78 is 2.20. The number of aryl methyl sites for hydroxylation is 1. The summed E-state index contributed by atoms with van der Waals surface area (Å²) in [5, 5.41) is 1.17. The number of thiol groups is 1. The highest BCUT2D eigenvalue weighted by Crippen LogP contribution is 2.32. The number of rotatable bonds is 2. The maximum Gasteiger partial charge on any atom is 0.150 e. The molecule has 0 amide bonds. The van der Waals surface area contributed by atoms with Gasteiger partial charge in [0.2, 0.25) is 0 Å². The first-order chi connectivity index (χ1) is 6.76. The van der Waals surface area contributed by atoms with Crippen molar-refractivity contribution in [3.8, 4) is 0 Å². The van der Waals surface area contributed by atoms with Crippen molar-refractivity contribution in [2.45, 2.75) is 17.6 Å². The van der Waals surface area contributed by atoms with Gasteiger partial charge in [0.15, 0.2) is 0 Å². The van der Waals surface area contributed by atoms with Gasteiger partial charge in [-0.2, -0.15) is 0 Å². The van der Waals surface area contributed by atoms with Gasteiger partial charge in [0, 0.05) is 10.3 Å². The van der Waals surface area contributed by atoms with Crippen LogP contribution in [-0.4, -0.2) is 6.29 Å². The van der Waals surface area contributed by atoms with Crippen LogP contribution in [0.5, 0.6) is 0 Å². The van der Waals surface area contributed by atoms with Crippen LogP contribution in [0.1, 0.15) is 22.8 Å². The van der Waals surface area contributed by atoms with Crippen molar-refractivity contribution in [2.24, 2.45) is 0 Å². The van der Waals surface area contributed by atoms with Crippen molar-refractivity contribution in [1.29, 1.82) is 0 Å². The molecule has 0 aliphatic carbocycles. The minimum absolute atomic E-state index is 0.797. The minimum Gasteiger partial charge on any atom is -0.298 e. The van der Waals surface area contributed by atoms with Gasteiger partial charge in [-0.05, 0) is 35.6 Å². The molecule has 0 bridgehead atoms. The molecular weight excluding hydrogens is 212 g/mol. The largest absolute Gasteiger partial charge is 0.298 e. The fourth-order valence-corrected chi connectivity index (χ4v) is 2.93. The fourth-order valence-electron chi connectivity index (χ4n) is 1.68. The molecule has 3 heteroatoms. The zero-order valence-corrected chi connectivity index (χ0v) is 9.49. The number of carbonyl (C=O) groups excluding carboxylic acids is 1. The maximum absolute atomic E-state index is 10.8. The Hall–Kier alpha value is -0.800. The standard InChI is InChI=1S/C11H10OS2/c1-2-8-7(6-12)3-4-10-9(8)5-11(13)14-10/h3-6,13H,2H2,1H3. The first-order valence-corrected chi connectivity index (χ1v) is 5.72. The fraction of sp³-hybridized carbons (Fsp3) is 0.182. The monoisotopic (exact) mass is 222 g/mol. The summed E-state index contributed by atoms with van der Waals surface area (Å²) in [6.45, 7) is 2.07. The van der Waals surface area contributed by atoms with Gasteiger partial charge < -0.3 is 0 Å². The van der Waals surface area contributed by atoms with Crippen molar-refractivity contribution in [3.05, 3.63) is 29.3 Å². The number of aldehydes is 1. The molecule has 0 N–H and O–H groups in total. The number of thiophene rings is 1. The van der Waals surface area contributed by atoms with Crippen LogP contribution >= 0.6 is 24.0 Å². The molecule has 0 fully saturated rings. The summed E-state index contributed by atoms with van der Waals surface area (Å²) in [5.41, 5.74) is 1.93. The third kappa shape index (κ3) is 1.47. The summed E-state index contributed by atoms with van der Waals surface area (Å²) in [5.74, 6) is 0. The van der Waals surface area contributed by atoms with E-state index >= 15 is 0 Å². The van der Waals surface area contributed by atoms with Crippen LogP contribution in [0.2, 0.25) is 0 Å². The van der Waals surface area contributed by atoms with Crippen molar-refractivity contribution in [3.63, 3.8) is 0 Å². The number of hydrogen-bond donors (Lipinski definition) is 1. The lowest BCUT2D eigenvalue weighted by Crippen LogP contribution is -1.90. The molecule has 0 aliphatic rings. The molecule has 0 atom stereocenters. The second-order valence-corrected chi connectivity index (χ2v) is 4.97. The molecule has 0 spiro atoms. The summed E-state index contributed by atoms with van der Waals surface area (Å²) in [6, 6.07) is 5.91. The predicted octanol–water partition coefficient (Wildman–Crippen LogP) is 3.56. The Balaban J connectivity index is 2.82. The Morgan fingerprint density at radius 3 is 2.93 bits per heavy atom. The van der Waals surface area contributed by atoms with Crippen LogP contribution < -0.4 is 0 Å². The molecule has 1 aromatic carbocycles. The van der Waals surface area contributed by atoms with Gasteiger partial charge in [0.1, 0.15) is 6.29 Å². The molecule has 1 nitrogen and oxygen atoms in total. The predicted molar refractivity (Wildman–Crippen MR) is 63.8 cm³/mol. The van der Waals surface area contributed by atoms with Crippen LogP contribution in [0.15, 0.2) is 22.4 Å². The minimum atomic E-state index is 0.797. The molecule has 0 unspecified atom stereocenters. The van der Waals surface area contributed by atoms with Crippen LogP contribution in [-0.2, 0) is 6.42 Å². The number of fused-ring (bicyclic) bond motifs is 1. The molecule has 2 rings (SSSR count). The summed E-state index contributed by atoms with van der Waals surface area (Å²) >= 11 is 5.97. The molecule has 0 aliphatic heterocycles. The highest BCUT2D eigenvalue weighted by Gasteiger charge is 2.07. The molecule has 0 radical (unpaired) electrons. The van der Waals surface area contributed by atoms with Crippen molar-refractivity contribution >= 4 is 40.3 Å². The van der Waals surface area contributed by atoms with Gasteiger partial charge in [-0.1, -0.05) is 6.92 Å². The Kier molecular flexibility index (Phi) is 2.61. The third-order valence-corrected chi connectivity index (χ3v) is 3.62. The summed E-state index contributed by atoms with van der Waals surface area (Å²) in [7, 11) is 0. The van der Waals surface area contributed by atoms with Crippen LogP contribution in [0.3, 0.4) is 0 Å². The zero-order chi connectivity index (χ0) is 10.1. The van der Waals surface area contributed by atoms with E-state index in [1.165, 1.54) is 10.1 Å². The van der Waals surface area contributed by atoms with Crippen molar-refractivity contribution in [1.82, 2.24) is 0 Å². The smallest absolute Gasteiger partial charge is 0.150 e. The highest BCUT2D eigenvalue weighted by atomic mass is 32.2. The lowest BCUT2D eigenvalue weighted by molar-refractivity contribution is 0.112. The van der Waals surface area contributed by atoms with E-state index < -0.39 is 0 Å². The van der Waals surface area contributed by atoms with Crippen LogP contribution in [0.4, 0.5) is 0 Å². The second kappa shape index (κ2) is 3.75. The van der Waals surface area contributed by atoms with E-state index in [-0.39, 0.29) is 0 Å². The normalized spacial score (nSPS) is 10.7. The summed E-state index contributed by atoms with van der Waals surface area (Å²) in [4.78, 5) is 10.8. The quantitative estimate of drug-likeness (QED) is 0.607. The third-order valence-electron chi connectivity index (χ3n) is 2.32. The Labute approximate surface area is 92.2 Å². The summed E-state index contributed by atoms with van der Waals surface area (Å²) in [6.07, 6.45) is 1.81. The van der Waals surface area contributed by atoms with Gasteiger partial charge in [0.25, 0.3) is 0 Å². The Morgan fingerprint density at radius 1 is 1.50 bits per heavy atom. The van der Waals surface area contributed by atoms with E-state index in [2.05, 4.69) is 19.6 Å². The Morgan fingerprint density at radius 2 is 2.29 bits per heavy atom. The van der Waals surface area contributed by atoms with E-state index in [1.54, 1.807) is 11.3 Å². The van der Waals surface area contributed by atoms with Crippen LogP contribution in [0, 0.1) is 0 Å². The zero-order valence-electron chi connectivity index (χ0n) is 7.78. The SMILES string of the molecule is CCc1c(C=O)ccc2sc(S)cc12. The first kappa shape index (κ1) is 9.74. The molecule has 0 saturated heterocycles. The molecule has 1 aromatic heterocycles. The first-order valence-electron chi connectivity index (χ1n) is 4.45. The van der Waals surface area contributed by atoms with Crippen molar-refractivity contribution in [2.75, 3.05) is 0 Å².